The van der Waals surface area contributed by atoms with Gasteiger partial charge in [-0.15, -0.1) is 0 Å². The van der Waals surface area contributed by atoms with Gasteiger partial charge >= 0.3 is 17.8 Å². The maximum Gasteiger partial charge on any atom is 0.327 e. The molecule has 0 aliphatic carbocycles. The molecule has 0 aliphatic heterocycles. The molecular formula is C19H23N5O5. The van der Waals surface area contributed by atoms with E-state index in [1.54, 1.807) is 24.3 Å². The Balaban J connectivity index is 1.74. The highest BCUT2D eigenvalue weighted by atomic mass is 16.3. The second-order valence-electron chi connectivity index (χ2n) is 6.35. The number of hydrogen-bond acceptors (Lipinski definition) is 5. The Morgan fingerprint density at radius 1 is 0.897 bits per heavy atom. The molecule has 1 heterocycles. The molecule has 29 heavy (non-hydrogen) atoms. The molecule has 10 nitrogen and oxygen atoms in total. The molecule has 1 aromatic carbocycles. The Kier molecular flexibility index (Phi) is 7.78. The molecule has 0 saturated carbocycles. The molecule has 2 rings (SSSR count). The van der Waals surface area contributed by atoms with Crippen LogP contribution in [0.15, 0.2) is 47.1 Å². The molecule has 0 radical (unpaired) electrons. The van der Waals surface area contributed by atoms with Crippen molar-refractivity contribution < 1.29 is 23.6 Å². The van der Waals surface area contributed by atoms with Crippen LogP contribution in [-0.4, -0.2) is 29.8 Å². The number of hydrogen-bond donors (Lipinski definition) is 5. The van der Waals surface area contributed by atoms with Crippen LogP contribution in [-0.2, 0) is 22.7 Å². The van der Waals surface area contributed by atoms with Gasteiger partial charge in [0, 0.05) is 18.2 Å². The molecule has 0 atom stereocenters. The van der Waals surface area contributed by atoms with Crippen LogP contribution in [0.5, 0.6) is 0 Å². The average molecular weight is 401 g/mol. The Hall–Kier alpha value is -3.82. The van der Waals surface area contributed by atoms with Crippen molar-refractivity contribution in [3.05, 3.63) is 59.5 Å². The van der Waals surface area contributed by atoms with Crippen LogP contribution >= 0.6 is 0 Å². The number of amides is 5. The zero-order valence-electron chi connectivity index (χ0n) is 16.1. The maximum atomic E-state index is 12.1. The van der Waals surface area contributed by atoms with E-state index in [1.807, 2.05) is 19.3 Å². The van der Waals surface area contributed by atoms with Crippen LogP contribution < -0.4 is 26.8 Å². The summed E-state index contributed by atoms with van der Waals surface area (Å²) in [6.07, 6.45) is 1.45. The first kappa shape index (κ1) is 21.5. The lowest BCUT2D eigenvalue weighted by Gasteiger charge is -2.10. The van der Waals surface area contributed by atoms with Crippen LogP contribution in [0.25, 0.3) is 0 Å². The first-order valence-electron chi connectivity index (χ1n) is 8.89. The lowest BCUT2D eigenvalue weighted by atomic mass is 10.1. The van der Waals surface area contributed by atoms with Gasteiger partial charge in [-0.1, -0.05) is 12.1 Å². The summed E-state index contributed by atoms with van der Waals surface area (Å²) >= 11 is 0. The van der Waals surface area contributed by atoms with Crippen molar-refractivity contribution in [3.63, 3.8) is 0 Å². The Labute approximate surface area is 167 Å². The highest BCUT2D eigenvalue weighted by molar-refractivity contribution is 6.35. The molecule has 5 amide bonds. The largest absolute Gasteiger partial charge is 0.467 e. The van der Waals surface area contributed by atoms with Crippen LogP contribution in [0.1, 0.15) is 35.5 Å². The number of carbonyl (C=O) groups excluding carboxylic acids is 4. The number of rotatable bonds is 6. The smallest absolute Gasteiger partial charge is 0.327 e. The summed E-state index contributed by atoms with van der Waals surface area (Å²) in [5, 5.41) is 7.75. The van der Waals surface area contributed by atoms with E-state index in [1.165, 1.54) is 18.4 Å². The minimum Gasteiger partial charge on any atom is -0.467 e. The molecular weight excluding hydrogens is 378 g/mol. The SMILES string of the molecule is CC(C)NC(=O)NCc1ccc(C(=O)NNC(=O)C(=O)NCc2ccco2)cc1. The topological polar surface area (TPSA) is 142 Å². The highest BCUT2D eigenvalue weighted by Crippen LogP contribution is 2.04. The normalized spacial score (nSPS) is 10.2. The monoisotopic (exact) mass is 401 g/mol. The fourth-order valence-electron chi connectivity index (χ4n) is 2.17. The third-order valence-corrected chi connectivity index (χ3v) is 3.59. The van der Waals surface area contributed by atoms with E-state index < -0.39 is 17.7 Å². The molecule has 0 fully saturated rings. The predicted molar refractivity (Wildman–Crippen MR) is 103 cm³/mol. The highest BCUT2D eigenvalue weighted by Gasteiger charge is 2.15. The summed E-state index contributed by atoms with van der Waals surface area (Å²) in [5.74, 6) is -2.02. The number of furan rings is 1. The summed E-state index contributed by atoms with van der Waals surface area (Å²) in [6, 6.07) is 9.47. The third-order valence-electron chi connectivity index (χ3n) is 3.59. The van der Waals surface area contributed by atoms with Gasteiger partial charge in [0.05, 0.1) is 12.8 Å². The van der Waals surface area contributed by atoms with E-state index >= 15 is 0 Å². The van der Waals surface area contributed by atoms with Gasteiger partial charge in [0.2, 0.25) is 0 Å². The summed E-state index contributed by atoms with van der Waals surface area (Å²) in [7, 11) is 0. The van der Waals surface area contributed by atoms with Gasteiger partial charge in [-0.3, -0.25) is 25.2 Å². The van der Waals surface area contributed by atoms with Gasteiger partial charge in [0.25, 0.3) is 5.91 Å². The summed E-state index contributed by atoms with van der Waals surface area (Å²) in [5.41, 5.74) is 5.27. The minimum atomic E-state index is -1.01. The maximum absolute atomic E-state index is 12.1. The summed E-state index contributed by atoms with van der Waals surface area (Å²) in [6.45, 7) is 4.06. The van der Waals surface area contributed by atoms with Crippen molar-refractivity contribution >= 4 is 23.8 Å². The van der Waals surface area contributed by atoms with E-state index in [9.17, 15) is 19.2 Å². The lowest BCUT2D eigenvalue weighted by molar-refractivity contribution is -0.139. The average Bonchev–Trinajstić information content (AvgIpc) is 3.22. The minimum absolute atomic E-state index is 0.0310. The fraction of sp³-hybridized carbons (Fsp3) is 0.263. The Morgan fingerprint density at radius 3 is 2.24 bits per heavy atom. The zero-order valence-corrected chi connectivity index (χ0v) is 16.1. The molecule has 0 unspecified atom stereocenters. The molecule has 0 bridgehead atoms. The van der Waals surface area contributed by atoms with Gasteiger partial charge in [-0.2, -0.15) is 0 Å². The quantitative estimate of drug-likeness (QED) is 0.355. The first-order chi connectivity index (χ1) is 13.8. The molecule has 2 aromatic rings. The number of hydrazine groups is 1. The van der Waals surface area contributed by atoms with E-state index in [-0.39, 0.29) is 24.2 Å². The van der Waals surface area contributed by atoms with Crippen LogP contribution in [0.2, 0.25) is 0 Å². The molecule has 154 valence electrons. The predicted octanol–water partition coefficient (Wildman–Crippen LogP) is 0.565. The van der Waals surface area contributed by atoms with Crippen molar-refractivity contribution in [2.45, 2.75) is 33.0 Å². The van der Waals surface area contributed by atoms with E-state index in [4.69, 9.17) is 4.42 Å². The molecule has 10 heteroatoms. The van der Waals surface area contributed by atoms with Crippen LogP contribution in [0.3, 0.4) is 0 Å². The van der Waals surface area contributed by atoms with E-state index in [0.717, 1.165) is 5.56 Å². The molecule has 5 N–H and O–H groups in total. The molecule has 0 aliphatic rings. The zero-order chi connectivity index (χ0) is 21.2. The molecule has 0 spiro atoms. The Morgan fingerprint density at radius 2 is 1.62 bits per heavy atom. The summed E-state index contributed by atoms with van der Waals surface area (Å²) < 4.78 is 5.03. The van der Waals surface area contributed by atoms with E-state index in [2.05, 4.69) is 21.4 Å². The van der Waals surface area contributed by atoms with Gasteiger partial charge in [0.1, 0.15) is 5.76 Å². The number of carbonyl (C=O) groups is 4. The van der Waals surface area contributed by atoms with Gasteiger partial charge in [0.15, 0.2) is 0 Å². The second kappa shape index (κ2) is 10.5. The third kappa shape index (κ3) is 7.37. The van der Waals surface area contributed by atoms with E-state index in [0.29, 0.717) is 12.3 Å². The number of urea groups is 1. The second-order valence-corrected chi connectivity index (χ2v) is 6.35. The first-order valence-corrected chi connectivity index (χ1v) is 8.89. The van der Waals surface area contributed by atoms with Crippen molar-refractivity contribution in [2.75, 3.05) is 0 Å². The van der Waals surface area contributed by atoms with Crippen molar-refractivity contribution in [2.24, 2.45) is 0 Å². The number of nitrogens with one attached hydrogen (secondary N) is 5. The van der Waals surface area contributed by atoms with Crippen molar-refractivity contribution in [1.82, 2.24) is 26.8 Å². The van der Waals surface area contributed by atoms with Crippen LogP contribution in [0, 0.1) is 0 Å². The van der Waals surface area contributed by atoms with Gasteiger partial charge in [-0.05, 0) is 43.7 Å². The molecule has 0 saturated heterocycles. The fourth-order valence-corrected chi connectivity index (χ4v) is 2.17. The van der Waals surface area contributed by atoms with Crippen molar-refractivity contribution in [3.8, 4) is 0 Å². The van der Waals surface area contributed by atoms with Crippen molar-refractivity contribution in [1.29, 1.82) is 0 Å². The summed E-state index contributed by atoms with van der Waals surface area (Å²) in [4.78, 5) is 47.0. The molecule has 1 aromatic heterocycles. The Bertz CT molecular complexity index is 846. The lowest BCUT2D eigenvalue weighted by Crippen LogP contribution is -2.48. The van der Waals surface area contributed by atoms with Crippen LogP contribution in [0.4, 0.5) is 4.79 Å². The number of benzene rings is 1. The van der Waals surface area contributed by atoms with Gasteiger partial charge < -0.3 is 20.4 Å². The van der Waals surface area contributed by atoms with Gasteiger partial charge in [-0.25, -0.2) is 4.79 Å². The standard InChI is InChI=1S/C19H23N5O5/c1-12(2)22-19(28)21-10-13-5-7-14(8-6-13)16(25)23-24-18(27)17(26)20-11-15-4-3-9-29-15/h3-9,12H,10-11H2,1-2H3,(H,20,26)(H,23,25)(H,24,27)(H2,21,22,28).